The Bertz CT molecular complexity index is 796. The minimum absolute atomic E-state index is 0.0795. The number of nitrogens with one attached hydrogen (secondary N) is 1. The van der Waals surface area contributed by atoms with Crippen LogP contribution in [0.2, 0.25) is 0 Å². The van der Waals surface area contributed by atoms with Gasteiger partial charge in [0.05, 0.1) is 11.6 Å². The van der Waals surface area contributed by atoms with Crippen molar-refractivity contribution in [2.45, 2.75) is 39.7 Å². The van der Waals surface area contributed by atoms with Gasteiger partial charge in [-0.15, -0.1) is 10.2 Å². The normalized spacial score (nSPS) is 17.6. The number of rotatable bonds is 5. The van der Waals surface area contributed by atoms with Crippen LogP contribution < -0.4 is 10.2 Å². The molecule has 1 N–H and O–H groups in total. The van der Waals surface area contributed by atoms with E-state index >= 15 is 0 Å². The summed E-state index contributed by atoms with van der Waals surface area (Å²) < 4.78 is 1.72. The zero-order valence-electron chi connectivity index (χ0n) is 14.8. The van der Waals surface area contributed by atoms with E-state index < -0.39 is 0 Å². The van der Waals surface area contributed by atoms with Gasteiger partial charge < -0.3 is 5.32 Å². The number of amides is 2. The molecule has 0 saturated carbocycles. The molecular formula is C16H22N6O2S. The molecule has 0 bridgehead atoms. The first-order valence-corrected chi connectivity index (χ1v) is 9.07. The Labute approximate surface area is 150 Å². The van der Waals surface area contributed by atoms with E-state index in [4.69, 9.17) is 0 Å². The minimum atomic E-state index is -0.365. The van der Waals surface area contributed by atoms with Crippen LogP contribution in [0, 0.1) is 12.8 Å². The molecule has 3 heterocycles. The summed E-state index contributed by atoms with van der Waals surface area (Å²) in [6.45, 7) is 6.74. The van der Waals surface area contributed by atoms with Crippen molar-refractivity contribution in [1.82, 2.24) is 25.3 Å². The van der Waals surface area contributed by atoms with Crippen molar-refractivity contribution in [2.24, 2.45) is 13.0 Å². The summed E-state index contributed by atoms with van der Waals surface area (Å²) in [6.07, 6.45) is 2.09. The summed E-state index contributed by atoms with van der Waals surface area (Å²) in [7, 11) is 1.85. The number of nitrogens with zero attached hydrogens (tertiary/aromatic N) is 5. The first-order valence-electron chi connectivity index (χ1n) is 8.25. The molecular weight excluding hydrogens is 340 g/mol. The molecule has 2 aromatic rings. The molecule has 0 aromatic carbocycles. The second kappa shape index (κ2) is 6.91. The van der Waals surface area contributed by atoms with Crippen molar-refractivity contribution in [1.29, 1.82) is 0 Å². The molecule has 1 atom stereocenters. The number of aryl methyl sites for hydroxylation is 2. The lowest BCUT2D eigenvalue weighted by Gasteiger charge is -2.12. The second-order valence-electron chi connectivity index (χ2n) is 6.61. The van der Waals surface area contributed by atoms with Gasteiger partial charge in [0.15, 0.2) is 0 Å². The Morgan fingerprint density at radius 1 is 1.44 bits per heavy atom. The largest absolute Gasteiger partial charge is 0.352 e. The molecule has 134 valence electrons. The van der Waals surface area contributed by atoms with Gasteiger partial charge in [-0.3, -0.25) is 19.2 Å². The van der Waals surface area contributed by atoms with E-state index in [1.807, 2.05) is 34.0 Å². The molecule has 25 heavy (non-hydrogen) atoms. The predicted molar refractivity (Wildman–Crippen MR) is 94.2 cm³/mol. The predicted octanol–water partition coefficient (Wildman–Crippen LogP) is 1.37. The summed E-state index contributed by atoms with van der Waals surface area (Å²) in [5.41, 5.74) is 1.87. The molecule has 1 saturated heterocycles. The Hall–Kier alpha value is -2.29. The van der Waals surface area contributed by atoms with Gasteiger partial charge in [0, 0.05) is 44.2 Å². The van der Waals surface area contributed by atoms with Gasteiger partial charge in [-0.2, -0.15) is 5.10 Å². The van der Waals surface area contributed by atoms with E-state index in [-0.39, 0.29) is 30.1 Å². The van der Waals surface area contributed by atoms with Crippen LogP contribution in [0.3, 0.4) is 0 Å². The van der Waals surface area contributed by atoms with Crippen molar-refractivity contribution in [3.8, 4) is 0 Å². The summed E-state index contributed by atoms with van der Waals surface area (Å²) in [6, 6.07) is 0. The summed E-state index contributed by atoms with van der Waals surface area (Å²) >= 11 is 1.41. The summed E-state index contributed by atoms with van der Waals surface area (Å²) in [5.74, 6) is -0.293. The van der Waals surface area contributed by atoms with Crippen LogP contribution in [0.4, 0.5) is 5.13 Å². The fourth-order valence-corrected chi connectivity index (χ4v) is 3.66. The second-order valence-corrected chi connectivity index (χ2v) is 7.60. The number of anilines is 1. The van der Waals surface area contributed by atoms with E-state index in [9.17, 15) is 9.59 Å². The summed E-state index contributed by atoms with van der Waals surface area (Å²) in [5, 5.41) is 16.9. The highest BCUT2D eigenvalue weighted by Crippen LogP contribution is 2.30. The van der Waals surface area contributed by atoms with Gasteiger partial charge in [0.2, 0.25) is 16.9 Å². The number of hydrogen-bond donors (Lipinski definition) is 1. The van der Waals surface area contributed by atoms with Gasteiger partial charge in [0.25, 0.3) is 0 Å². The summed E-state index contributed by atoms with van der Waals surface area (Å²) in [4.78, 5) is 26.3. The fraction of sp³-hybridized carbons (Fsp3) is 0.562. The van der Waals surface area contributed by atoms with Crippen LogP contribution in [0.5, 0.6) is 0 Å². The number of hydrogen-bond acceptors (Lipinski definition) is 6. The molecule has 0 aliphatic carbocycles. The molecule has 8 nitrogen and oxygen atoms in total. The van der Waals surface area contributed by atoms with Crippen molar-refractivity contribution in [2.75, 3.05) is 11.4 Å². The lowest BCUT2D eigenvalue weighted by atomic mass is 10.1. The Morgan fingerprint density at radius 2 is 2.20 bits per heavy atom. The van der Waals surface area contributed by atoms with Gasteiger partial charge in [-0.25, -0.2) is 0 Å². The average Bonchev–Trinajstić information content (AvgIpc) is 3.23. The number of carbonyl (C=O) groups excluding carboxylic acids is 2. The lowest BCUT2D eigenvalue weighted by Crippen LogP contribution is -2.32. The molecule has 2 aromatic heterocycles. The molecule has 0 spiro atoms. The van der Waals surface area contributed by atoms with Crippen molar-refractivity contribution in [3.63, 3.8) is 0 Å². The third kappa shape index (κ3) is 3.71. The van der Waals surface area contributed by atoms with Crippen LogP contribution in [0.1, 0.15) is 42.5 Å². The van der Waals surface area contributed by atoms with Gasteiger partial charge >= 0.3 is 0 Å². The topological polar surface area (TPSA) is 93.0 Å². The molecule has 0 radical (unpaired) electrons. The Morgan fingerprint density at radius 3 is 2.80 bits per heavy atom. The molecule has 1 aliphatic heterocycles. The maximum Gasteiger partial charge on any atom is 0.229 e. The first kappa shape index (κ1) is 17.5. The van der Waals surface area contributed by atoms with Crippen molar-refractivity contribution in [3.05, 3.63) is 22.5 Å². The van der Waals surface area contributed by atoms with Crippen molar-refractivity contribution < 1.29 is 9.59 Å². The number of carbonyl (C=O) groups is 2. The molecule has 1 aliphatic rings. The quantitative estimate of drug-likeness (QED) is 0.867. The highest BCUT2D eigenvalue weighted by molar-refractivity contribution is 7.15. The van der Waals surface area contributed by atoms with Crippen LogP contribution in [-0.2, 0) is 23.2 Å². The van der Waals surface area contributed by atoms with Gasteiger partial charge in [-0.05, 0) is 6.92 Å². The Balaban J connectivity index is 1.61. The molecule has 1 unspecified atom stereocenters. The lowest BCUT2D eigenvalue weighted by molar-refractivity contribution is -0.126. The molecule has 2 amide bonds. The van der Waals surface area contributed by atoms with E-state index in [2.05, 4.69) is 20.6 Å². The average molecular weight is 362 g/mol. The smallest absolute Gasteiger partial charge is 0.229 e. The van der Waals surface area contributed by atoms with Crippen LogP contribution in [-0.4, -0.2) is 38.3 Å². The highest BCUT2D eigenvalue weighted by Gasteiger charge is 2.36. The van der Waals surface area contributed by atoms with E-state index in [0.717, 1.165) is 16.3 Å². The standard InChI is InChI=1S/C16H22N6O2S/c1-9(2)15-18-19-16(25-15)22-8-11(5-13(22)23)14(24)17-6-12-7-21(4)20-10(12)3/h7,9,11H,5-6,8H2,1-4H3,(H,17,24). The third-order valence-corrected chi connectivity index (χ3v) is 5.47. The Kier molecular flexibility index (Phi) is 4.85. The molecule has 3 rings (SSSR count). The SMILES string of the molecule is Cc1nn(C)cc1CNC(=O)C1CC(=O)N(c2nnc(C(C)C)s2)C1. The molecule has 9 heteroatoms. The van der Waals surface area contributed by atoms with E-state index in [1.165, 1.54) is 11.3 Å². The molecule has 1 fully saturated rings. The van der Waals surface area contributed by atoms with Crippen LogP contribution in [0.25, 0.3) is 0 Å². The first-order chi connectivity index (χ1) is 11.8. The fourth-order valence-electron chi connectivity index (χ4n) is 2.79. The van der Waals surface area contributed by atoms with Gasteiger partial charge in [0.1, 0.15) is 5.01 Å². The van der Waals surface area contributed by atoms with Gasteiger partial charge in [-0.1, -0.05) is 25.2 Å². The maximum absolute atomic E-state index is 12.4. The van der Waals surface area contributed by atoms with Crippen LogP contribution >= 0.6 is 11.3 Å². The number of aromatic nitrogens is 4. The van der Waals surface area contributed by atoms with Crippen LogP contribution in [0.15, 0.2) is 6.20 Å². The zero-order valence-corrected chi connectivity index (χ0v) is 15.6. The minimum Gasteiger partial charge on any atom is -0.352 e. The van der Waals surface area contributed by atoms with E-state index in [0.29, 0.717) is 18.2 Å². The zero-order chi connectivity index (χ0) is 18.1. The highest BCUT2D eigenvalue weighted by atomic mass is 32.1. The third-order valence-electron chi connectivity index (χ3n) is 4.22. The maximum atomic E-state index is 12.4. The van der Waals surface area contributed by atoms with Crippen molar-refractivity contribution >= 4 is 28.3 Å². The van der Waals surface area contributed by atoms with E-state index in [1.54, 1.807) is 9.58 Å². The monoisotopic (exact) mass is 362 g/mol.